The van der Waals surface area contributed by atoms with Gasteiger partial charge in [0.2, 0.25) is 5.75 Å². The van der Waals surface area contributed by atoms with E-state index >= 15 is 0 Å². The van der Waals surface area contributed by atoms with Gasteiger partial charge in [-0.1, -0.05) is 15.9 Å². The lowest BCUT2D eigenvalue weighted by molar-refractivity contribution is 0.323. The average molecular weight is 318 g/mol. The molecule has 4 nitrogen and oxygen atoms in total. The summed E-state index contributed by atoms with van der Waals surface area (Å²) in [6.45, 7) is 0.962. The summed E-state index contributed by atoms with van der Waals surface area (Å²) in [5.41, 5.74) is 2.02. The number of ether oxygens (including phenoxy) is 3. The van der Waals surface area contributed by atoms with E-state index in [0.717, 1.165) is 24.0 Å². The fourth-order valence-electron chi connectivity index (χ4n) is 1.66. The zero-order valence-electron chi connectivity index (χ0n) is 11.3. The summed E-state index contributed by atoms with van der Waals surface area (Å²) < 4.78 is 15.9. The Hall–Kier alpha value is -0.940. The molecule has 0 amide bonds. The third kappa shape index (κ3) is 3.78. The molecule has 0 N–H and O–H groups in total. The van der Waals surface area contributed by atoms with Crippen LogP contribution >= 0.6 is 15.9 Å². The molecule has 102 valence electrons. The average Bonchev–Trinajstić information content (AvgIpc) is 2.43. The van der Waals surface area contributed by atoms with Crippen LogP contribution in [0.15, 0.2) is 12.1 Å². The highest BCUT2D eigenvalue weighted by Gasteiger charge is 2.13. The predicted octanol–water partition coefficient (Wildman–Crippen LogP) is 2.54. The van der Waals surface area contributed by atoms with Gasteiger partial charge in [-0.3, -0.25) is 4.90 Å². The van der Waals surface area contributed by atoms with Gasteiger partial charge in [0.15, 0.2) is 11.5 Å². The number of hydrogen-bond donors (Lipinski definition) is 0. The Balaban J connectivity index is 2.93. The van der Waals surface area contributed by atoms with Gasteiger partial charge in [-0.2, -0.15) is 0 Å². The Morgan fingerprint density at radius 2 is 1.61 bits per heavy atom. The first-order valence-electron chi connectivity index (χ1n) is 5.69. The van der Waals surface area contributed by atoms with Crippen LogP contribution in [0, 0.1) is 0 Å². The van der Waals surface area contributed by atoms with Crippen LogP contribution in [0.4, 0.5) is 0 Å². The predicted molar refractivity (Wildman–Crippen MR) is 76.2 cm³/mol. The van der Waals surface area contributed by atoms with Crippen molar-refractivity contribution in [3.8, 4) is 17.2 Å². The maximum absolute atomic E-state index is 5.32. The zero-order valence-corrected chi connectivity index (χ0v) is 12.9. The molecular weight excluding hydrogens is 298 g/mol. The van der Waals surface area contributed by atoms with Gasteiger partial charge in [-0.05, 0) is 31.2 Å². The number of halogens is 1. The fraction of sp³-hybridized carbons (Fsp3) is 0.538. The lowest BCUT2D eigenvalue weighted by Crippen LogP contribution is -2.19. The monoisotopic (exact) mass is 317 g/mol. The molecule has 1 aromatic carbocycles. The first-order chi connectivity index (χ1) is 8.65. The molecule has 0 saturated carbocycles. The van der Waals surface area contributed by atoms with Crippen LogP contribution in [0.25, 0.3) is 0 Å². The lowest BCUT2D eigenvalue weighted by atomic mass is 10.1. The molecule has 0 fully saturated rings. The van der Waals surface area contributed by atoms with Gasteiger partial charge in [0, 0.05) is 6.54 Å². The van der Waals surface area contributed by atoms with E-state index in [0.29, 0.717) is 17.2 Å². The first-order valence-corrected chi connectivity index (χ1v) is 6.81. The number of hydrogen-bond acceptors (Lipinski definition) is 4. The third-order valence-electron chi connectivity index (χ3n) is 2.71. The van der Waals surface area contributed by atoms with Crippen LogP contribution in [0.3, 0.4) is 0 Å². The summed E-state index contributed by atoms with van der Waals surface area (Å²) in [7, 11) is 6.93. The number of likely N-dealkylation sites (N-methyl/N-ethyl adjacent to an activating group) is 1. The third-order valence-corrected chi connectivity index (χ3v) is 3.57. The lowest BCUT2D eigenvalue weighted by Gasteiger charge is -2.16. The fourth-order valence-corrected chi connectivity index (χ4v) is 1.91. The van der Waals surface area contributed by atoms with Gasteiger partial charge in [-0.25, -0.2) is 0 Å². The van der Waals surface area contributed by atoms with Crippen LogP contribution in [0.2, 0.25) is 0 Å². The highest BCUT2D eigenvalue weighted by atomic mass is 79.9. The molecule has 0 aromatic heterocycles. The Morgan fingerprint density at radius 3 is 2.00 bits per heavy atom. The number of nitrogens with zero attached hydrogens (tertiary/aromatic N) is 1. The van der Waals surface area contributed by atoms with Crippen molar-refractivity contribution in [2.45, 2.75) is 6.42 Å². The summed E-state index contributed by atoms with van der Waals surface area (Å²) in [4.78, 5) is 2.18. The van der Waals surface area contributed by atoms with Crippen LogP contribution < -0.4 is 14.2 Å². The van der Waals surface area contributed by atoms with Crippen molar-refractivity contribution in [2.24, 2.45) is 0 Å². The van der Waals surface area contributed by atoms with E-state index < -0.39 is 0 Å². The highest BCUT2D eigenvalue weighted by molar-refractivity contribution is 9.09. The van der Waals surface area contributed by atoms with Crippen molar-refractivity contribution in [2.75, 3.05) is 40.4 Å². The summed E-state index contributed by atoms with van der Waals surface area (Å²) >= 11 is 3.42. The maximum Gasteiger partial charge on any atom is 0.203 e. The number of rotatable bonds is 7. The molecule has 0 heterocycles. The van der Waals surface area contributed by atoms with Gasteiger partial charge in [0.25, 0.3) is 0 Å². The van der Waals surface area contributed by atoms with Gasteiger partial charge >= 0.3 is 0 Å². The second-order valence-electron chi connectivity index (χ2n) is 3.98. The normalized spacial score (nSPS) is 10.6. The van der Waals surface area contributed by atoms with Crippen molar-refractivity contribution in [3.05, 3.63) is 17.7 Å². The Labute approximate surface area is 117 Å². The summed E-state index contributed by atoms with van der Waals surface area (Å²) in [6.07, 6.45) is 0.929. The van der Waals surface area contributed by atoms with Crippen molar-refractivity contribution in [1.82, 2.24) is 4.90 Å². The van der Waals surface area contributed by atoms with Crippen LogP contribution in [-0.4, -0.2) is 45.3 Å². The molecule has 0 spiro atoms. The molecule has 0 aliphatic rings. The quantitative estimate of drug-likeness (QED) is 0.571. The van der Waals surface area contributed by atoms with Gasteiger partial charge in [0.1, 0.15) is 0 Å². The molecule has 0 unspecified atom stereocenters. The minimum absolute atomic E-state index is 0.637. The van der Waals surface area contributed by atoms with Crippen molar-refractivity contribution >= 4 is 15.9 Å². The Kier molecular flexibility index (Phi) is 6.29. The van der Waals surface area contributed by atoms with Crippen LogP contribution in [0.1, 0.15) is 5.56 Å². The summed E-state index contributed by atoms with van der Waals surface area (Å²) in [5.74, 6) is 2.04. The first kappa shape index (κ1) is 15.1. The van der Waals surface area contributed by atoms with E-state index in [1.165, 1.54) is 0 Å². The molecule has 1 rings (SSSR count). The van der Waals surface area contributed by atoms with E-state index in [9.17, 15) is 0 Å². The standard InChI is InChI=1S/C13H20BrNO3/c1-15(9-14)6-5-10-7-11(16-2)13(18-4)12(8-10)17-3/h7-8H,5-6,9H2,1-4H3. The van der Waals surface area contributed by atoms with Crippen LogP contribution in [0.5, 0.6) is 17.2 Å². The molecule has 0 aliphatic heterocycles. The van der Waals surface area contributed by atoms with Crippen molar-refractivity contribution < 1.29 is 14.2 Å². The second kappa shape index (κ2) is 7.48. The largest absolute Gasteiger partial charge is 0.493 e. The topological polar surface area (TPSA) is 30.9 Å². The SMILES string of the molecule is COc1cc(CCN(C)CBr)cc(OC)c1OC. The molecule has 0 atom stereocenters. The summed E-state index contributed by atoms with van der Waals surface area (Å²) in [6, 6.07) is 3.98. The summed E-state index contributed by atoms with van der Waals surface area (Å²) in [5, 5.41) is 0. The molecule has 0 radical (unpaired) electrons. The van der Waals surface area contributed by atoms with Crippen LogP contribution in [-0.2, 0) is 6.42 Å². The molecule has 0 bridgehead atoms. The molecule has 0 aliphatic carbocycles. The van der Waals surface area contributed by atoms with E-state index in [-0.39, 0.29) is 0 Å². The van der Waals surface area contributed by atoms with E-state index in [4.69, 9.17) is 14.2 Å². The number of methoxy groups -OCH3 is 3. The zero-order chi connectivity index (χ0) is 13.5. The maximum atomic E-state index is 5.32. The Bertz CT molecular complexity index is 359. The minimum Gasteiger partial charge on any atom is -0.493 e. The van der Waals surface area contributed by atoms with Crippen molar-refractivity contribution in [3.63, 3.8) is 0 Å². The second-order valence-corrected chi connectivity index (χ2v) is 4.48. The Morgan fingerprint density at radius 1 is 1.06 bits per heavy atom. The van der Waals surface area contributed by atoms with E-state index in [2.05, 4.69) is 27.9 Å². The van der Waals surface area contributed by atoms with Gasteiger partial charge in [0.05, 0.1) is 26.8 Å². The number of alkyl halides is 1. The highest BCUT2D eigenvalue weighted by Crippen LogP contribution is 2.38. The van der Waals surface area contributed by atoms with Gasteiger partial charge in [-0.15, -0.1) is 0 Å². The smallest absolute Gasteiger partial charge is 0.203 e. The molecule has 0 saturated heterocycles. The molecule has 1 aromatic rings. The van der Waals surface area contributed by atoms with E-state index in [1.54, 1.807) is 21.3 Å². The van der Waals surface area contributed by atoms with E-state index in [1.807, 2.05) is 12.1 Å². The molecular formula is C13H20BrNO3. The van der Waals surface area contributed by atoms with Gasteiger partial charge < -0.3 is 14.2 Å². The molecule has 18 heavy (non-hydrogen) atoms. The minimum atomic E-state index is 0.637. The molecule has 5 heteroatoms. The van der Waals surface area contributed by atoms with Crippen molar-refractivity contribution in [1.29, 1.82) is 0 Å². The number of benzene rings is 1.